The second kappa shape index (κ2) is 5.27. The van der Waals surface area contributed by atoms with Gasteiger partial charge in [-0.05, 0) is 37.1 Å². The number of pyridine rings is 1. The highest BCUT2D eigenvalue weighted by atomic mass is 35.5. The van der Waals surface area contributed by atoms with Crippen LogP contribution < -0.4 is 10.5 Å². The Morgan fingerprint density at radius 1 is 1.11 bits per heavy atom. The molecule has 0 aliphatic heterocycles. The molecule has 100 valence electrons. The van der Waals surface area contributed by atoms with E-state index in [1.54, 1.807) is 13.2 Å². The molecule has 2 N–H and O–H groups in total. The molecule has 19 heavy (non-hydrogen) atoms. The second-order valence-corrected chi connectivity index (χ2v) is 5.16. The standard InChI is InChI=1S/C14H14Cl2N2O/c1-7-4-8(2)12(11(5-7)19-3)13-9(15)6-10(16)14(17)18-13/h4-6H,1-3H3,(H2,17,18). The highest BCUT2D eigenvalue weighted by Crippen LogP contribution is 2.38. The van der Waals surface area contributed by atoms with E-state index in [4.69, 9.17) is 33.7 Å². The van der Waals surface area contributed by atoms with Crippen molar-refractivity contribution in [3.63, 3.8) is 0 Å². The Bertz CT molecular complexity index is 642. The number of halogens is 2. The molecule has 0 radical (unpaired) electrons. The van der Waals surface area contributed by atoms with Crippen LogP contribution in [-0.4, -0.2) is 12.1 Å². The van der Waals surface area contributed by atoms with Gasteiger partial charge in [-0.1, -0.05) is 29.3 Å². The quantitative estimate of drug-likeness (QED) is 0.900. The van der Waals surface area contributed by atoms with Crippen LogP contribution in [0.1, 0.15) is 11.1 Å². The maximum absolute atomic E-state index is 6.22. The molecule has 1 aromatic carbocycles. The van der Waals surface area contributed by atoms with E-state index in [9.17, 15) is 0 Å². The molecule has 0 saturated carbocycles. The van der Waals surface area contributed by atoms with Crippen molar-refractivity contribution in [2.24, 2.45) is 0 Å². The Kier molecular flexibility index (Phi) is 3.88. The molecular formula is C14H14Cl2N2O. The molecule has 5 heteroatoms. The summed E-state index contributed by atoms with van der Waals surface area (Å²) < 4.78 is 5.41. The van der Waals surface area contributed by atoms with Gasteiger partial charge in [0.25, 0.3) is 0 Å². The maximum atomic E-state index is 6.22. The minimum Gasteiger partial charge on any atom is -0.496 e. The van der Waals surface area contributed by atoms with Gasteiger partial charge in [-0.2, -0.15) is 0 Å². The number of benzene rings is 1. The summed E-state index contributed by atoms with van der Waals surface area (Å²) in [5.41, 5.74) is 9.30. The van der Waals surface area contributed by atoms with Crippen LogP contribution in [0.25, 0.3) is 11.3 Å². The number of ether oxygens (including phenoxy) is 1. The number of nitrogens with zero attached hydrogens (tertiary/aromatic N) is 1. The second-order valence-electron chi connectivity index (χ2n) is 4.34. The molecule has 0 amide bonds. The fraction of sp³-hybridized carbons (Fsp3) is 0.214. The van der Waals surface area contributed by atoms with Crippen LogP contribution in [0.4, 0.5) is 5.82 Å². The summed E-state index contributed by atoms with van der Waals surface area (Å²) in [6.45, 7) is 3.98. The summed E-state index contributed by atoms with van der Waals surface area (Å²) in [7, 11) is 1.62. The first kappa shape index (κ1) is 14.0. The van der Waals surface area contributed by atoms with Crippen LogP contribution in [0.2, 0.25) is 10.0 Å². The molecule has 3 nitrogen and oxygen atoms in total. The van der Waals surface area contributed by atoms with E-state index in [-0.39, 0.29) is 5.82 Å². The van der Waals surface area contributed by atoms with E-state index < -0.39 is 0 Å². The lowest BCUT2D eigenvalue weighted by Gasteiger charge is -2.14. The van der Waals surface area contributed by atoms with E-state index >= 15 is 0 Å². The number of aryl methyl sites for hydroxylation is 2. The van der Waals surface area contributed by atoms with E-state index in [0.717, 1.165) is 16.7 Å². The predicted octanol–water partition coefficient (Wildman–Crippen LogP) is 4.26. The number of hydrogen-bond donors (Lipinski definition) is 1. The first-order chi connectivity index (χ1) is 8.93. The fourth-order valence-corrected chi connectivity index (χ4v) is 2.50. The number of rotatable bonds is 2. The zero-order valence-corrected chi connectivity index (χ0v) is 12.4. The zero-order chi connectivity index (χ0) is 14.2. The van der Waals surface area contributed by atoms with Gasteiger partial charge in [0.2, 0.25) is 0 Å². The van der Waals surface area contributed by atoms with Crippen molar-refractivity contribution in [3.8, 4) is 17.0 Å². The van der Waals surface area contributed by atoms with Gasteiger partial charge < -0.3 is 10.5 Å². The highest BCUT2D eigenvalue weighted by Gasteiger charge is 2.16. The number of aromatic nitrogens is 1. The molecule has 1 heterocycles. The number of anilines is 1. The van der Waals surface area contributed by atoms with Gasteiger partial charge in [-0.3, -0.25) is 0 Å². The fourth-order valence-electron chi connectivity index (χ4n) is 2.05. The minimum atomic E-state index is 0.253. The Morgan fingerprint density at radius 2 is 1.79 bits per heavy atom. The maximum Gasteiger partial charge on any atom is 0.143 e. The molecule has 0 bridgehead atoms. The lowest BCUT2D eigenvalue weighted by atomic mass is 10.0. The van der Waals surface area contributed by atoms with Gasteiger partial charge >= 0.3 is 0 Å². The molecule has 0 saturated heterocycles. The van der Waals surface area contributed by atoms with Crippen molar-refractivity contribution in [1.29, 1.82) is 0 Å². The number of methoxy groups -OCH3 is 1. The third kappa shape index (κ3) is 2.62. The van der Waals surface area contributed by atoms with Crippen LogP contribution in [0, 0.1) is 13.8 Å². The van der Waals surface area contributed by atoms with Gasteiger partial charge in [0.15, 0.2) is 0 Å². The van der Waals surface area contributed by atoms with Crippen LogP contribution in [0.5, 0.6) is 5.75 Å². The summed E-state index contributed by atoms with van der Waals surface area (Å²) in [4.78, 5) is 4.28. The van der Waals surface area contributed by atoms with E-state index in [1.807, 2.05) is 26.0 Å². The van der Waals surface area contributed by atoms with Gasteiger partial charge in [-0.15, -0.1) is 0 Å². The van der Waals surface area contributed by atoms with E-state index in [1.165, 1.54) is 0 Å². The van der Waals surface area contributed by atoms with Crippen molar-refractivity contribution in [2.75, 3.05) is 12.8 Å². The molecule has 0 aliphatic rings. The third-order valence-corrected chi connectivity index (χ3v) is 3.45. The minimum absolute atomic E-state index is 0.253. The molecule has 0 fully saturated rings. The van der Waals surface area contributed by atoms with Gasteiger partial charge in [0.1, 0.15) is 11.6 Å². The molecule has 0 aliphatic carbocycles. The Hall–Kier alpha value is -1.45. The number of hydrogen-bond acceptors (Lipinski definition) is 3. The lowest BCUT2D eigenvalue weighted by Crippen LogP contribution is -1.98. The molecule has 2 rings (SSSR count). The Labute approximate surface area is 122 Å². The van der Waals surface area contributed by atoms with E-state index in [0.29, 0.717) is 21.5 Å². The van der Waals surface area contributed by atoms with Crippen molar-refractivity contribution in [3.05, 3.63) is 39.4 Å². The third-order valence-electron chi connectivity index (χ3n) is 2.86. The van der Waals surface area contributed by atoms with Gasteiger partial charge in [-0.25, -0.2) is 4.98 Å². The lowest BCUT2D eigenvalue weighted by molar-refractivity contribution is 0.415. The van der Waals surface area contributed by atoms with Crippen LogP contribution in [0.3, 0.4) is 0 Å². The molecule has 0 spiro atoms. The SMILES string of the molecule is COc1cc(C)cc(C)c1-c1nc(N)c(Cl)cc1Cl. The average molecular weight is 297 g/mol. The highest BCUT2D eigenvalue weighted by molar-refractivity contribution is 6.37. The van der Waals surface area contributed by atoms with Crippen molar-refractivity contribution in [2.45, 2.75) is 13.8 Å². The topological polar surface area (TPSA) is 48.1 Å². The van der Waals surface area contributed by atoms with Crippen LogP contribution >= 0.6 is 23.2 Å². The molecule has 0 unspecified atom stereocenters. The number of nitrogens with two attached hydrogens (primary N) is 1. The summed E-state index contributed by atoms with van der Waals surface area (Å²) in [6.07, 6.45) is 0. The first-order valence-electron chi connectivity index (χ1n) is 5.71. The molecule has 1 aromatic heterocycles. The Morgan fingerprint density at radius 3 is 2.42 bits per heavy atom. The smallest absolute Gasteiger partial charge is 0.143 e. The summed E-state index contributed by atoms with van der Waals surface area (Å²) in [5, 5.41) is 0.793. The number of nitrogen functional groups attached to an aromatic ring is 1. The summed E-state index contributed by atoms with van der Waals surface area (Å²) >= 11 is 12.1. The zero-order valence-electron chi connectivity index (χ0n) is 10.9. The summed E-state index contributed by atoms with van der Waals surface area (Å²) in [6, 6.07) is 5.57. The Balaban J connectivity index is 2.75. The normalized spacial score (nSPS) is 10.6. The predicted molar refractivity (Wildman–Crippen MR) is 80.1 cm³/mol. The van der Waals surface area contributed by atoms with Crippen LogP contribution in [0.15, 0.2) is 18.2 Å². The van der Waals surface area contributed by atoms with E-state index in [2.05, 4.69) is 4.98 Å². The monoisotopic (exact) mass is 296 g/mol. The summed E-state index contributed by atoms with van der Waals surface area (Å²) in [5.74, 6) is 0.969. The van der Waals surface area contributed by atoms with Gasteiger partial charge in [0, 0.05) is 5.56 Å². The van der Waals surface area contributed by atoms with Crippen LogP contribution in [-0.2, 0) is 0 Å². The first-order valence-corrected chi connectivity index (χ1v) is 6.46. The largest absolute Gasteiger partial charge is 0.496 e. The molecule has 2 aromatic rings. The average Bonchev–Trinajstić information content (AvgIpc) is 2.33. The van der Waals surface area contributed by atoms with Crippen molar-refractivity contribution >= 4 is 29.0 Å². The van der Waals surface area contributed by atoms with Crippen molar-refractivity contribution < 1.29 is 4.74 Å². The molecular weight excluding hydrogens is 283 g/mol. The van der Waals surface area contributed by atoms with Gasteiger partial charge in [0.05, 0.1) is 22.8 Å². The molecule has 0 atom stereocenters. The van der Waals surface area contributed by atoms with Crippen molar-refractivity contribution in [1.82, 2.24) is 4.98 Å².